The van der Waals surface area contributed by atoms with E-state index in [9.17, 15) is 13.2 Å². The number of benzene rings is 2. The van der Waals surface area contributed by atoms with Crippen LogP contribution in [0.15, 0.2) is 53.4 Å². The molecule has 1 N–H and O–H groups in total. The molecule has 1 amide bonds. The summed E-state index contributed by atoms with van der Waals surface area (Å²) in [4.78, 5) is 12.6. The first-order chi connectivity index (χ1) is 13.4. The van der Waals surface area contributed by atoms with Gasteiger partial charge in [0.05, 0.1) is 11.5 Å². The van der Waals surface area contributed by atoms with Gasteiger partial charge in [0.2, 0.25) is 10.0 Å². The van der Waals surface area contributed by atoms with Crippen molar-refractivity contribution in [2.45, 2.75) is 38.5 Å². The number of amides is 1. The average molecular weight is 405 g/mol. The maximum Gasteiger partial charge on any atom is 0.255 e. The Labute approximate surface area is 167 Å². The van der Waals surface area contributed by atoms with Crippen LogP contribution < -0.4 is 10.1 Å². The Morgan fingerprint density at radius 2 is 1.57 bits per heavy atom. The standard InChI is InChI=1S/C21H28N2O4S/c1-4-7-16-27-19-12-8-17(9-13-19)21(24)22-18-10-14-20(15-11-18)28(25,26)23(5-2)6-3/h8-15H,4-7,16H2,1-3H3,(H,22,24). The summed E-state index contributed by atoms with van der Waals surface area (Å²) in [5, 5.41) is 2.78. The van der Waals surface area contributed by atoms with Gasteiger partial charge < -0.3 is 10.1 Å². The van der Waals surface area contributed by atoms with Crippen LogP contribution in [0.2, 0.25) is 0 Å². The fourth-order valence-corrected chi connectivity index (χ4v) is 4.12. The molecule has 6 nitrogen and oxygen atoms in total. The van der Waals surface area contributed by atoms with Gasteiger partial charge in [-0.1, -0.05) is 27.2 Å². The summed E-state index contributed by atoms with van der Waals surface area (Å²) < 4.78 is 32.0. The van der Waals surface area contributed by atoms with Gasteiger partial charge in [-0.05, 0) is 55.0 Å². The number of carbonyl (C=O) groups excluding carboxylic acids is 1. The molecule has 0 atom stereocenters. The molecule has 0 spiro atoms. The van der Waals surface area contributed by atoms with Gasteiger partial charge in [-0.3, -0.25) is 4.79 Å². The Morgan fingerprint density at radius 3 is 2.11 bits per heavy atom. The van der Waals surface area contributed by atoms with E-state index in [2.05, 4.69) is 12.2 Å². The summed E-state index contributed by atoms with van der Waals surface area (Å²) in [5.74, 6) is 0.468. The first-order valence-electron chi connectivity index (χ1n) is 9.56. The maximum absolute atomic E-state index is 12.5. The van der Waals surface area contributed by atoms with Gasteiger partial charge >= 0.3 is 0 Å². The number of carbonyl (C=O) groups is 1. The quantitative estimate of drug-likeness (QED) is 0.604. The molecule has 28 heavy (non-hydrogen) atoms. The summed E-state index contributed by atoms with van der Waals surface area (Å²) in [6, 6.07) is 13.1. The molecule has 0 radical (unpaired) electrons. The molecule has 0 aromatic heterocycles. The Kier molecular flexibility index (Phi) is 8.02. The lowest BCUT2D eigenvalue weighted by atomic mass is 10.2. The zero-order valence-corrected chi connectivity index (χ0v) is 17.5. The number of hydrogen-bond donors (Lipinski definition) is 1. The van der Waals surface area contributed by atoms with Crippen LogP contribution in [0.25, 0.3) is 0 Å². The van der Waals surface area contributed by atoms with Crippen LogP contribution in [-0.4, -0.2) is 38.3 Å². The van der Waals surface area contributed by atoms with Crippen molar-refractivity contribution in [1.82, 2.24) is 4.31 Å². The topological polar surface area (TPSA) is 75.7 Å². The van der Waals surface area contributed by atoms with E-state index in [-0.39, 0.29) is 10.8 Å². The maximum atomic E-state index is 12.5. The second-order valence-electron chi connectivity index (χ2n) is 6.29. The van der Waals surface area contributed by atoms with Gasteiger partial charge in [0.15, 0.2) is 0 Å². The van der Waals surface area contributed by atoms with Crippen molar-refractivity contribution in [1.29, 1.82) is 0 Å². The average Bonchev–Trinajstić information content (AvgIpc) is 2.70. The van der Waals surface area contributed by atoms with E-state index in [0.717, 1.165) is 18.6 Å². The van der Waals surface area contributed by atoms with Crippen molar-refractivity contribution in [2.75, 3.05) is 25.0 Å². The van der Waals surface area contributed by atoms with E-state index in [1.807, 2.05) is 0 Å². The third kappa shape index (κ3) is 5.56. The van der Waals surface area contributed by atoms with Crippen LogP contribution in [0.4, 0.5) is 5.69 Å². The van der Waals surface area contributed by atoms with E-state index < -0.39 is 10.0 Å². The van der Waals surface area contributed by atoms with E-state index in [4.69, 9.17) is 4.74 Å². The molecule has 0 unspecified atom stereocenters. The van der Waals surface area contributed by atoms with Gasteiger partial charge in [-0.15, -0.1) is 0 Å². The van der Waals surface area contributed by atoms with Gasteiger partial charge in [0, 0.05) is 24.3 Å². The number of sulfonamides is 1. The van der Waals surface area contributed by atoms with Gasteiger partial charge in [0.25, 0.3) is 5.91 Å². The summed E-state index contributed by atoms with van der Waals surface area (Å²) in [6.07, 6.45) is 2.05. The van der Waals surface area contributed by atoms with E-state index in [0.29, 0.717) is 30.9 Å². The molecule has 0 aliphatic carbocycles. The van der Waals surface area contributed by atoms with Crippen molar-refractivity contribution in [3.05, 3.63) is 54.1 Å². The Bertz CT molecular complexity index is 858. The highest BCUT2D eigenvalue weighted by molar-refractivity contribution is 7.89. The zero-order chi connectivity index (χ0) is 20.6. The molecule has 0 fully saturated rings. The lowest BCUT2D eigenvalue weighted by Gasteiger charge is -2.18. The molecular weight excluding hydrogens is 376 g/mol. The van der Waals surface area contributed by atoms with Crippen LogP contribution in [0.3, 0.4) is 0 Å². The van der Waals surface area contributed by atoms with Crippen molar-refractivity contribution in [3.63, 3.8) is 0 Å². The van der Waals surface area contributed by atoms with Crippen molar-refractivity contribution < 1.29 is 17.9 Å². The van der Waals surface area contributed by atoms with Gasteiger partial charge in [-0.2, -0.15) is 4.31 Å². The molecule has 7 heteroatoms. The molecule has 0 heterocycles. The molecule has 0 aliphatic rings. The van der Waals surface area contributed by atoms with E-state index in [1.165, 1.54) is 16.4 Å². The van der Waals surface area contributed by atoms with Crippen molar-refractivity contribution in [3.8, 4) is 5.75 Å². The molecule has 2 rings (SSSR count). The number of nitrogens with zero attached hydrogens (tertiary/aromatic N) is 1. The molecule has 0 saturated heterocycles. The summed E-state index contributed by atoms with van der Waals surface area (Å²) in [5.41, 5.74) is 1.04. The van der Waals surface area contributed by atoms with Crippen LogP contribution in [-0.2, 0) is 10.0 Å². The molecule has 2 aromatic carbocycles. The molecule has 0 bridgehead atoms. The van der Waals surface area contributed by atoms with E-state index in [1.54, 1.807) is 50.2 Å². The minimum Gasteiger partial charge on any atom is -0.494 e. The zero-order valence-electron chi connectivity index (χ0n) is 16.6. The third-order valence-corrected chi connectivity index (χ3v) is 6.40. The Hall–Kier alpha value is -2.38. The molecule has 0 saturated carbocycles. The van der Waals surface area contributed by atoms with Gasteiger partial charge in [-0.25, -0.2) is 8.42 Å². The van der Waals surface area contributed by atoms with Crippen LogP contribution in [0, 0.1) is 0 Å². The number of anilines is 1. The lowest BCUT2D eigenvalue weighted by Crippen LogP contribution is -2.30. The molecule has 152 valence electrons. The normalized spacial score (nSPS) is 11.4. The first-order valence-corrected chi connectivity index (χ1v) is 11.0. The SMILES string of the molecule is CCCCOc1ccc(C(=O)Nc2ccc(S(=O)(=O)N(CC)CC)cc2)cc1. The fraction of sp³-hybridized carbons (Fsp3) is 0.381. The Balaban J connectivity index is 2.03. The van der Waals surface area contributed by atoms with Crippen molar-refractivity contribution >= 4 is 21.6 Å². The van der Waals surface area contributed by atoms with Crippen LogP contribution in [0.1, 0.15) is 44.0 Å². The third-order valence-electron chi connectivity index (χ3n) is 4.34. The summed E-state index contributed by atoms with van der Waals surface area (Å²) in [6.45, 7) is 7.18. The predicted octanol–water partition coefficient (Wildman–Crippen LogP) is 4.15. The van der Waals surface area contributed by atoms with Gasteiger partial charge in [0.1, 0.15) is 5.75 Å². The predicted molar refractivity (Wildman–Crippen MR) is 111 cm³/mol. The molecule has 2 aromatic rings. The summed E-state index contributed by atoms with van der Waals surface area (Å²) >= 11 is 0. The largest absolute Gasteiger partial charge is 0.494 e. The minimum absolute atomic E-state index is 0.211. The van der Waals surface area contributed by atoms with E-state index >= 15 is 0 Å². The van der Waals surface area contributed by atoms with Crippen LogP contribution in [0.5, 0.6) is 5.75 Å². The highest BCUT2D eigenvalue weighted by Crippen LogP contribution is 2.19. The summed E-state index contributed by atoms with van der Waals surface area (Å²) in [7, 11) is -3.51. The smallest absolute Gasteiger partial charge is 0.255 e. The second kappa shape index (κ2) is 10.2. The highest BCUT2D eigenvalue weighted by atomic mass is 32.2. The highest BCUT2D eigenvalue weighted by Gasteiger charge is 2.21. The first kappa shape index (κ1) is 21.9. The fourth-order valence-electron chi connectivity index (χ4n) is 2.66. The molecular formula is C21H28N2O4S. The molecule has 0 aliphatic heterocycles. The monoisotopic (exact) mass is 404 g/mol. The minimum atomic E-state index is -3.51. The lowest BCUT2D eigenvalue weighted by molar-refractivity contribution is 0.102. The second-order valence-corrected chi connectivity index (χ2v) is 8.23. The van der Waals surface area contributed by atoms with Crippen LogP contribution >= 0.6 is 0 Å². The Morgan fingerprint density at radius 1 is 0.964 bits per heavy atom. The number of nitrogens with one attached hydrogen (secondary N) is 1. The number of rotatable bonds is 10. The number of ether oxygens (including phenoxy) is 1. The van der Waals surface area contributed by atoms with Crippen molar-refractivity contribution in [2.24, 2.45) is 0 Å². The number of unbranched alkanes of at least 4 members (excludes halogenated alkanes) is 1. The number of hydrogen-bond acceptors (Lipinski definition) is 4.